The van der Waals surface area contributed by atoms with Crippen LogP contribution in [0, 0.1) is 0 Å². The molecule has 240 valence electrons. The molecule has 0 fully saturated rings. The molecule has 41 heavy (non-hydrogen) atoms. The third-order valence-electron chi connectivity index (χ3n) is 8.84. The van der Waals surface area contributed by atoms with E-state index < -0.39 is 10.1 Å². The van der Waals surface area contributed by atoms with Crippen LogP contribution in [-0.4, -0.2) is 13.0 Å². The van der Waals surface area contributed by atoms with Gasteiger partial charge in [0.2, 0.25) is 0 Å². The van der Waals surface area contributed by atoms with Crippen molar-refractivity contribution in [1.82, 2.24) is 0 Å². The Morgan fingerprint density at radius 2 is 0.780 bits per heavy atom. The molecule has 0 saturated carbocycles. The zero-order valence-electron chi connectivity index (χ0n) is 27.4. The Kier molecular flexibility index (Phi) is 24.9. The van der Waals surface area contributed by atoms with Crippen LogP contribution in [0.5, 0.6) is 0 Å². The lowest BCUT2D eigenvalue weighted by atomic mass is 9.96. The number of rotatable bonds is 30. The molecule has 0 aliphatic rings. The van der Waals surface area contributed by atoms with Crippen LogP contribution in [-0.2, 0) is 23.0 Å². The first-order valence-electron chi connectivity index (χ1n) is 18.1. The highest BCUT2D eigenvalue weighted by atomic mass is 32.2. The molecule has 0 spiro atoms. The predicted molar refractivity (Wildman–Crippen MR) is 180 cm³/mol. The van der Waals surface area contributed by atoms with Crippen molar-refractivity contribution in [3.8, 4) is 0 Å². The van der Waals surface area contributed by atoms with E-state index in [0.717, 1.165) is 43.2 Å². The van der Waals surface area contributed by atoms with Crippen LogP contribution in [0.15, 0.2) is 23.1 Å². The Hall–Kier alpha value is -0.870. The summed E-state index contributed by atoms with van der Waals surface area (Å²) in [6.45, 7) is 4.54. The summed E-state index contributed by atoms with van der Waals surface area (Å²) in [5, 5.41) is 0. The maximum absolute atomic E-state index is 12.1. The minimum atomic E-state index is -4.18. The highest BCUT2D eigenvalue weighted by molar-refractivity contribution is 7.85. The minimum Gasteiger partial charge on any atom is -0.282 e. The Balaban J connectivity index is 2.16. The van der Waals surface area contributed by atoms with Crippen molar-refractivity contribution in [2.24, 2.45) is 0 Å². The van der Waals surface area contributed by atoms with Gasteiger partial charge in [-0.3, -0.25) is 4.55 Å². The second-order valence-corrected chi connectivity index (χ2v) is 14.1. The van der Waals surface area contributed by atoms with Crippen molar-refractivity contribution < 1.29 is 13.0 Å². The molecule has 3 nitrogen and oxygen atoms in total. The van der Waals surface area contributed by atoms with E-state index in [2.05, 4.69) is 19.9 Å². The summed E-state index contributed by atoms with van der Waals surface area (Å²) in [5.41, 5.74) is 1.99. The summed E-state index contributed by atoms with van der Waals surface area (Å²) in [6.07, 6.45) is 37.5. The largest absolute Gasteiger partial charge is 0.294 e. The molecule has 0 atom stereocenters. The minimum absolute atomic E-state index is 0.137. The molecule has 0 bridgehead atoms. The first-order valence-corrected chi connectivity index (χ1v) is 19.5. The zero-order valence-corrected chi connectivity index (χ0v) is 28.2. The van der Waals surface area contributed by atoms with Crippen LogP contribution in [0.25, 0.3) is 0 Å². The maximum Gasteiger partial charge on any atom is 0.294 e. The second-order valence-electron chi connectivity index (χ2n) is 12.7. The monoisotopic (exact) mass is 592 g/mol. The third-order valence-corrected chi connectivity index (χ3v) is 9.78. The molecule has 0 amide bonds. The van der Waals surface area contributed by atoms with Crippen LogP contribution >= 0.6 is 0 Å². The Morgan fingerprint density at radius 3 is 1.12 bits per heavy atom. The van der Waals surface area contributed by atoms with E-state index in [-0.39, 0.29) is 4.90 Å². The smallest absolute Gasteiger partial charge is 0.282 e. The summed E-state index contributed by atoms with van der Waals surface area (Å²) < 4.78 is 34.0. The number of hydrogen-bond acceptors (Lipinski definition) is 2. The van der Waals surface area contributed by atoms with Crippen LogP contribution < -0.4 is 0 Å². The predicted octanol–water partition coefficient (Wildman–Crippen LogP) is 12.6. The Labute approximate surface area is 256 Å². The topological polar surface area (TPSA) is 54.4 Å². The van der Waals surface area contributed by atoms with Gasteiger partial charge in [0.15, 0.2) is 0 Å². The van der Waals surface area contributed by atoms with Crippen LogP contribution in [0.2, 0.25) is 0 Å². The summed E-state index contributed by atoms with van der Waals surface area (Å²) >= 11 is 0. The highest BCUT2D eigenvalue weighted by Gasteiger charge is 2.17. The molecule has 1 rings (SSSR count). The summed E-state index contributed by atoms with van der Waals surface area (Å²) in [6, 6.07) is 5.45. The number of hydrogen-bond donors (Lipinski definition) is 1. The molecule has 0 radical (unpaired) electrons. The Morgan fingerprint density at radius 1 is 0.463 bits per heavy atom. The average Bonchev–Trinajstić information content (AvgIpc) is 2.95. The molecule has 4 heteroatoms. The van der Waals surface area contributed by atoms with Crippen LogP contribution in [0.1, 0.15) is 198 Å². The molecular weight excluding hydrogens is 524 g/mol. The van der Waals surface area contributed by atoms with Gasteiger partial charge in [-0.2, -0.15) is 8.42 Å². The Bertz CT molecular complexity index is 817. The van der Waals surface area contributed by atoms with Crippen LogP contribution in [0.4, 0.5) is 0 Å². The van der Waals surface area contributed by atoms with Gasteiger partial charge in [-0.1, -0.05) is 187 Å². The van der Waals surface area contributed by atoms with Crippen molar-refractivity contribution in [1.29, 1.82) is 0 Å². The molecule has 0 heterocycles. The second kappa shape index (κ2) is 26.7. The summed E-state index contributed by atoms with van der Waals surface area (Å²) in [5.74, 6) is 0. The van der Waals surface area contributed by atoms with Crippen molar-refractivity contribution in [3.63, 3.8) is 0 Å². The van der Waals surface area contributed by atoms with Gasteiger partial charge in [0.25, 0.3) is 10.1 Å². The zero-order chi connectivity index (χ0) is 29.9. The SMILES string of the molecule is CCCCCCCCCCCCCCCCCCCCc1c(CCCCCCCCCCC)cccc1S(=O)(=O)O. The van der Waals surface area contributed by atoms with Crippen molar-refractivity contribution in [2.45, 2.75) is 205 Å². The first-order chi connectivity index (χ1) is 20.0. The van der Waals surface area contributed by atoms with Gasteiger partial charge < -0.3 is 0 Å². The van der Waals surface area contributed by atoms with Gasteiger partial charge in [-0.25, -0.2) is 0 Å². The van der Waals surface area contributed by atoms with Gasteiger partial charge in [0.1, 0.15) is 0 Å². The van der Waals surface area contributed by atoms with Gasteiger partial charge in [-0.05, 0) is 42.9 Å². The van der Waals surface area contributed by atoms with Crippen molar-refractivity contribution in [3.05, 3.63) is 29.3 Å². The van der Waals surface area contributed by atoms with Gasteiger partial charge in [0.05, 0.1) is 4.90 Å². The van der Waals surface area contributed by atoms with Crippen molar-refractivity contribution in [2.75, 3.05) is 0 Å². The molecule has 0 aliphatic carbocycles. The van der Waals surface area contributed by atoms with E-state index in [4.69, 9.17) is 0 Å². The maximum atomic E-state index is 12.1. The lowest BCUT2D eigenvalue weighted by Gasteiger charge is -2.14. The van der Waals surface area contributed by atoms with E-state index in [0.29, 0.717) is 0 Å². The normalized spacial score (nSPS) is 11.9. The molecule has 0 saturated heterocycles. The fourth-order valence-corrected chi connectivity index (χ4v) is 7.00. The number of aryl methyl sites for hydroxylation is 1. The fraction of sp³-hybridized carbons (Fsp3) is 0.838. The molecule has 1 aromatic rings. The lowest BCUT2D eigenvalue weighted by Crippen LogP contribution is -2.07. The van der Waals surface area contributed by atoms with Crippen molar-refractivity contribution >= 4 is 10.1 Å². The molecule has 1 aromatic carbocycles. The molecule has 0 unspecified atom stereocenters. The molecule has 0 aliphatic heterocycles. The lowest BCUT2D eigenvalue weighted by molar-refractivity contribution is 0.481. The summed E-state index contributed by atoms with van der Waals surface area (Å²) in [4.78, 5) is 0.137. The van der Waals surface area contributed by atoms with E-state index >= 15 is 0 Å². The van der Waals surface area contributed by atoms with E-state index in [1.165, 1.54) is 154 Å². The fourth-order valence-electron chi connectivity index (χ4n) is 6.20. The standard InChI is InChI=1S/C37H68O3S/c1-3-5-7-9-11-13-14-15-16-17-18-19-20-21-23-25-27-29-33-36-35(32-30-34-37(36)41(38,39)40)31-28-26-24-22-12-10-8-6-4-2/h30,32,34H,3-29,31,33H2,1-2H3,(H,38,39,40). The van der Waals surface area contributed by atoms with E-state index in [1.807, 2.05) is 0 Å². The number of unbranched alkanes of at least 4 members (excludes halogenated alkanes) is 25. The van der Waals surface area contributed by atoms with Gasteiger partial charge in [0, 0.05) is 0 Å². The molecule has 1 N–H and O–H groups in total. The highest BCUT2D eigenvalue weighted by Crippen LogP contribution is 2.25. The third kappa shape index (κ3) is 21.5. The van der Waals surface area contributed by atoms with E-state index in [9.17, 15) is 13.0 Å². The van der Waals surface area contributed by atoms with E-state index in [1.54, 1.807) is 12.1 Å². The first kappa shape index (κ1) is 38.2. The quantitative estimate of drug-likeness (QED) is 0.0714. The average molecular weight is 593 g/mol. The van der Waals surface area contributed by atoms with Gasteiger partial charge in [-0.15, -0.1) is 0 Å². The molecule has 0 aromatic heterocycles. The number of benzene rings is 1. The molecular formula is C37H68O3S. The summed E-state index contributed by atoms with van der Waals surface area (Å²) in [7, 11) is -4.18. The van der Waals surface area contributed by atoms with Gasteiger partial charge >= 0.3 is 0 Å². The van der Waals surface area contributed by atoms with Crippen LogP contribution in [0.3, 0.4) is 0 Å².